The minimum atomic E-state index is 0.140. The number of H-pyrrole nitrogens is 1. The smallest absolute Gasteiger partial charge is 0.255 e. The molecule has 0 unspecified atom stereocenters. The number of hydrogen-bond acceptors (Lipinski definition) is 4. The standard InChI is InChI=1S/C35H41N3O3/c1-40-30-14-12-27(13-15-30)25-37-23-24-41-32-11-3-2-7-28(32)8-4-5-17-35(26-37)18-21-38(22-19-35)34(39)31-10-6-9-29-16-20-36-33(29)31/h2-3,6-7,9-16,20,36H,4-5,8,17-19,21-26H2,1H3. The molecule has 41 heavy (non-hydrogen) atoms. The minimum absolute atomic E-state index is 0.140. The lowest BCUT2D eigenvalue weighted by Gasteiger charge is -2.45. The number of ether oxygens (including phenoxy) is 2. The van der Waals surface area contributed by atoms with Crippen molar-refractivity contribution >= 4 is 16.8 Å². The first kappa shape index (κ1) is 27.4. The van der Waals surface area contributed by atoms with Crippen LogP contribution in [-0.2, 0) is 13.0 Å². The van der Waals surface area contributed by atoms with Gasteiger partial charge in [-0.3, -0.25) is 9.69 Å². The van der Waals surface area contributed by atoms with Gasteiger partial charge in [0.2, 0.25) is 0 Å². The predicted octanol–water partition coefficient (Wildman–Crippen LogP) is 6.71. The number of carbonyl (C=O) groups excluding carboxylic acids is 1. The van der Waals surface area contributed by atoms with Gasteiger partial charge in [0.15, 0.2) is 0 Å². The van der Waals surface area contributed by atoms with Gasteiger partial charge in [0, 0.05) is 44.3 Å². The maximum absolute atomic E-state index is 13.6. The van der Waals surface area contributed by atoms with E-state index in [-0.39, 0.29) is 11.3 Å². The van der Waals surface area contributed by atoms with E-state index in [4.69, 9.17) is 9.47 Å². The highest BCUT2D eigenvalue weighted by molar-refractivity contribution is 6.05. The van der Waals surface area contributed by atoms with Crippen LogP contribution in [0.3, 0.4) is 0 Å². The van der Waals surface area contributed by atoms with Crippen LogP contribution in [0.2, 0.25) is 0 Å². The number of aryl methyl sites for hydroxylation is 1. The highest BCUT2D eigenvalue weighted by atomic mass is 16.5. The zero-order valence-corrected chi connectivity index (χ0v) is 24.1. The summed E-state index contributed by atoms with van der Waals surface area (Å²) in [6.07, 6.45) is 8.53. The summed E-state index contributed by atoms with van der Waals surface area (Å²) in [4.78, 5) is 21.6. The third kappa shape index (κ3) is 6.28. The van der Waals surface area contributed by atoms with Crippen LogP contribution in [0.25, 0.3) is 10.9 Å². The number of carbonyl (C=O) groups is 1. The minimum Gasteiger partial charge on any atom is -0.497 e. The zero-order chi connectivity index (χ0) is 28.1. The SMILES string of the molecule is COc1ccc(CN2CCOc3ccccc3CCCCC3(CCN(C(=O)c4cccc5cc[nH]c45)CC3)C2)cc1. The Labute approximate surface area is 243 Å². The topological polar surface area (TPSA) is 57.8 Å². The first-order valence-electron chi connectivity index (χ1n) is 15.0. The molecule has 0 bridgehead atoms. The molecule has 0 radical (unpaired) electrons. The molecule has 6 rings (SSSR count). The highest BCUT2D eigenvalue weighted by Gasteiger charge is 2.37. The Kier molecular flexibility index (Phi) is 8.28. The lowest BCUT2D eigenvalue weighted by molar-refractivity contribution is 0.0362. The Hall–Kier alpha value is -3.77. The summed E-state index contributed by atoms with van der Waals surface area (Å²) >= 11 is 0. The van der Waals surface area contributed by atoms with Crippen LogP contribution < -0.4 is 9.47 Å². The van der Waals surface area contributed by atoms with Crippen LogP contribution >= 0.6 is 0 Å². The number of rotatable bonds is 4. The molecule has 0 atom stereocenters. The number of nitrogens with one attached hydrogen (secondary N) is 1. The number of methoxy groups -OCH3 is 1. The summed E-state index contributed by atoms with van der Waals surface area (Å²) < 4.78 is 11.7. The van der Waals surface area contributed by atoms with E-state index in [1.54, 1.807) is 7.11 Å². The van der Waals surface area contributed by atoms with Crippen molar-refractivity contribution in [3.63, 3.8) is 0 Å². The average Bonchev–Trinajstić information content (AvgIpc) is 3.49. The monoisotopic (exact) mass is 551 g/mol. The van der Waals surface area contributed by atoms with Crippen LogP contribution in [0.4, 0.5) is 0 Å². The molecule has 1 N–H and O–H groups in total. The first-order chi connectivity index (χ1) is 20.1. The van der Waals surface area contributed by atoms with Gasteiger partial charge in [0.1, 0.15) is 18.1 Å². The van der Waals surface area contributed by atoms with Crippen LogP contribution in [0.5, 0.6) is 11.5 Å². The van der Waals surface area contributed by atoms with E-state index in [0.29, 0.717) is 6.61 Å². The molecule has 1 saturated heterocycles. The van der Waals surface area contributed by atoms with Gasteiger partial charge in [0.25, 0.3) is 5.91 Å². The van der Waals surface area contributed by atoms with Crippen LogP contribution in [0.1, 0.15) is 53.6 Å². The Morgan fingerprint density at radius 2 is 1.76 bits per heavy atom. The van der Waals surface area contributed by atoms with Gasteiger partial charge in [-0.1, -0.05) is 48.9 Å². The lowest BCUT2D eigenvalue weighted by Crippen LogP contribution is -2.48. The third-order valence-electron chi connectivity index (χ3n) is 9.09. The van der Waals surface area contributed by atoms with Crippen molar-refractivity contribution in [3.8, 4) is 11.5 Å². The second-order valence-electron chi connectivity index (χ2n) is 11.8. The molecule has 0 saturated carbocycles. The first-order valence-corrected chi connectivity index (χ1v) is 15.0. The van der Waals surface area contributed by atoms with E-state index in [2.05, 4.69) is 57.2 Å². The van der Waals surface area contributed by atoms with Crippen molar-refractivity contribution < 1.29 is 14.3 Å². The van der Waals surface area contributed by atoms with Crippen molar-refractivity contribution in [2.75, 3.05) is 39.9 Å². The normalized spacial score (nSPS) is 18.2. The fourth-order valence-corrected chi connectivity index (χ4v) is 6.73. The Morgan fingerprint density at radius 1 is 0.927 bits per heavy atom. The number of benzene rings is 3. The van der Waals surface area contributed by atoms with Crippen molar-refractivity contribution in [2.45, 2.75) is 45.1 Å². The summed E-state index contributed by atoms with van der Waals surface area (Å²) in [6.45, 7) is 5.00. The summed E-state index contributed by atoms with van der Waals surface area (Å²) in [5.74, 6) is 2.04. The van der Waals surface area contributed by atoms with Gasteiger partial charge in [-0.15, -0.1) is 0 Å². The maximum atomic E-state index is 13.6. The number of aromatic nitrogens is 1. The van der Waals surface area contributed by atoms with E-state index in [1.165, 1.54) is 24.0 Å². The van der Waals surface area contributed by atoms with Crippen LogP contribution in [0, 0.1) is 5.41 Å². The van der Waals surface area contributed by atoms with E-state index in [9.17, 15) is 4.79 Å². The van der Waals surface area contributed by atoms with Gasteiger partial charge in [0.05, 0.1) is 18.2 Å². The molecular formula is C35H41N3O3. The van der Waals surface area contributed by atoms with E-state index < -0.39 is 0 Å². The highest BCUT2D eigenvalue weighted by Crippen LogP contribution is 2.39. The van der Waals surface area contributed by atoms with Gasteiger partial charge in [-0.2, -0.15) is 0 Å². The molecule has 1 aromatic heterocycles. The van der Waals surface area contributed by atoms with E-state index >= 15 is 0 Å². The number of fused-ring (bicyclic) bond motifs is 2. The van der Waals surface area contributed by atoms with E-state index in [0.717, 1.165) is 86.4 Å². The zero-order valence-electron chi connectivity index (χ0n) is 24.1. The van der Waals surface area contributed by atoms with Crippen molar-refractivity contribution in [1.82, 2.24) is 14.8 Å². The Balaban J connectivity index is 1.20. The van der Waals surface area contributed by atoms with Crippen LogP contribution in [0.15, 0.2) is 79.0 Å². The molecule has 1 spiro atoms. The van der Waals surface area contributed by atoms with Crippen LogP contribution in [-0.4, -0.2) is 60.6 Å². The van der Waals surface area contributed by atoms with Gasteiger partial charge < -0.3 is 19.4 Å². The Bertz CT molecular complexity index is 1450. The summed E-state index contributed by atoms with van der Waals surface area (Å²) in [5, 5.41) is 1.08. The van der Waals surface area contributed by atoms with Gasteiger partial charge in [-0.05, 0) is 79.0 Å². The summed E-state index contributed by atoms with van der Waals surface area (Å²) in [5.41, 5.74) is 4.48. The van der Waals surface area contributed by atoms with E-state index in [1.807, 2.05) is 36.5 Å². The summed E-state index contributed by atoms with van der Waals surface area (Å²) in [6, 6.07) is 24.9. The molecule has 6 nitrogen and oxygen atoms in total. The number of para-hydroxylation sites is 2. The number of nitrogens with zero attached hydrogens (tertiary/aromatic N) is 2. The number of amides is 1. The van der Waals surface area contributed by atoms with Gasteiger partial charge in [-0.25, -0.2) is 0 Å². The average molecular weight is 552 g/mol. The molecule has 2 aliphatic rings. The van der Waals surface area contributed by atoms with Crippen molar-refractivity contribution in [1.29, 1.82) is 0 Å². The molecule has 4 aromatic rings. The molecule has 0 aliphatic carbocycles. The largest absolute Gasteiger partial charge is 0.497 e. The predicted molar refractivity (Wildman–Crippen MR) is 164 cm³/mol. The molecule has 214 valence electrons. The number of piperidine rings is 1. The maximum Gasteiger partial charge on any atom is 0.255 e. The van der Waals surface area contributed by atoms with Crippen molar-refractivity contribution in [3.05, 3.63) is 95.7 Å². The molecule has 6 heteroatoms. The Morgan fingerprint density at radius 3 is 2.59 bits per heavy atom. The second kappa shape index (κ2) is 12.4. The number of likely N-dealkylation sites (tertiary alicyclic amines) is 1. The lowest BCUT2D eigenvalue weighted by atomic mass is 9.73. The third-order valence-corrected chi connectivity index (χ3v) is 9.09. The quantitative estimate of drug-likeness (QED) is 0.306. The molecule has 3 heterocycles. The fourth-order valence-electron chi connectivity index (χ4n) is 6.73. The molecule has 2 aliphatic heterocycles. The summed E-state index contributed by atoms with van der Waals surface area (Å²) in [7, 11) is 1.71. The number of hydrogen-bond donors (Lipinski definition) is 1. The molecular weight excluding hydrogens is 510 g/mol. The molecule has 1 fully saturated rings. The molecule has 1 amide bonds. The molecule has 3 aromatic carbocycles. The van der Waals surface area contributed by atoms with Gasteiger partial charge >= 0.3 is 0 Å². The second-order valence-corrected chi connectivity index (χ2v) is 11.8. The van der Waals surface area contributed by atoms with Crippen molar-refractivity contribution in [2.24, 2.45) is 5.41 Å². The fraction of sp³-hybridized carbons (Fsp3) is 0.400. The number of aromatic amines is 1.